The fraction of sp³-hybridized carbons (Fsp3) is 0.364. The van der Waals surface area contributed by atoms with Gasteiger partial charge in [0.05, 0.1) is 16.6 Å². The molecule has 0 bridgehead atoms. The van der Waals surface area contributed by atoms with E-state index in [4.69, 9.17) is 11.6 Å². The molecule has 0 saturated carbocycles. The summed E-state index contributed by atoms with van der Waals surface area (Å²) in [7, 11) is -1.23. The van der Waals surface area contributed by atoms with Gasteiger partial charge in [-0.2, -0.15) is 0 Å². The molecule has 4 heteroatoms. The Balaban J connectivity index is 2.61. The van der Waals surface area contributed by atoms with E-state index in [1.54, 1.807) is 24.3 Å². The molecule has 1 atom stereocenters. The average molecular weight is 245 g/mol. The van der Waals surface area contributed by atoms with Crippen LogP contribution >= 0.6 is 11.6 Å². The maximum absolute atomic E-state index is 11.7. The normalized spacial score (nSPS) is 12.4. The zero-order valence-electron chi connectivity index (χ0n) is 8.53. The number of rotatable bonds is 5. The highest BCUT2D eigenvalue weighted by Gasteiger charge is 2.09. The van der Waals surface area contributed by atoms with Crippen LogP contribution in [0.5, 0.6) is 0 Å². The third-order valence-corrected chi connectivity index (χ3v) is 3.53. The predicted octanol–water partition coefficient (Wildman–Crippen LogP) is 2.82. The molecule has 0 N–H and O–H groups in total. The van der Waals surface area contributed by atoms with E-state index in [0.717, 1.165) is 6.42 Å². The molecule has 1 aromatic carbocycles. The molecule has 0 radical (unpaired) electrons. The monoisotopic (exact) mass is 244 g/mol. The molecule has 1 aromatic rings. The van der Waals surface area contributed by atoms with Crippen LogP contribution in [0.1, 0.15) is 19.8 Å². The van der Waals surface area contributed by atoms with Gasteiger partial charge in [0, 0.05) is 16.3 Å². The molecule has 0 aliphatic heterocycles. The largest absolute Gasteiger partial charge is 0.299 e. The highest BCUT2D eigenvalue weighted by atomic mass is 35.5. The fourth-order valence-corrected chi connectivity index (χ4v) is 2.34. The Morgan fingerprint density at radius 2 is 1.93 bits per heavy atom. The molecule has 1 unspecified atom stereocenters. The number of halogens is 1. The maximum atomic E-state index is 11.7. The minimum atomic E-state index is -1.23. The molecule has 0 heterocycles. The summed E-state index contributed by atoms with van der Waals surface area (Å²) in [6, 6.07) is 6.74. The molecule has 0 spiro atoms. The van der Waals surface area contributed by atoms with E-state index in [2.05, 4.69) is 0 Å². The molecule has 0 aliphatic rings. The number of carbonyl (C=O) groups excluding carboxylic acids is 1. The predicted molar refractivity (Wildman–Crippen MR) is 62.6 cm³/mol. The minimum absolute atomic E-state index is 0.0470. The van der Waals surface area contributed by atoms with Crippen molar-refractivity contribution >= 4 is 28.2 Å². The van der Waals surface area contributed by atoms with Crippen LogP contribution in [-0.4, -0.2) is 15.7 Å². The lowest BCUT2D eigenvalue weighted by Gasteiger charge is -2.01. The van der Waals surface area contributed by atoms with Crippen LogP contribution in [0.2, 0.25) is 5.02 Å². The first-order chi connectivity index (χ1) is 7.13. The summed E-state index contributed by atoms with van der Waals surface area (Å²) in [6.45, 7) is 1.93. The van der Waals surface area contributed by atoms with Gasteiger partial charge < -0.3 is 0 Å². The van der Waals surface area contributed by atoms with E-state index in [-0.39, 0.29) is 11.5 Å². The van der Waals surface area contributed by atoms with Gasteiger partial charge in [-0.25, -0.2) is 0 Å². The van der Waals surface area contributed by atoms with Crippen LogP contribution in [-0.2, 0) is 15.6 Å². The lowest BCUT2D eigenvalue weighted by molar-refractivity contribution is -0.116. The number of carbonyl (C=O) groups is 1. The highest BCUT2D eigenvalue weighted by Crippen LogP contribution is 2.13. The zero-order chi connectivity index (χ0) is 11.3. The van der Waals surface area contributed by atoms with Crippen LogP contribution in [0.25, 0.3) is 0 Å². The quantitative estimate of drug-likeness (QED) is 0.798. The minimum Gasteiger partial charge on any atom is -0.299 e. The van der Waals surface area contributed by atoms with Crippen molar-refractivity contribution in [3.8, 4) is 0 Å². The number of ketones is 1. The van der Waals surface area contributed by atoms with Crippen molar-refractivity contribution in [2.75, 3.05) is 5.75 Å². The van der Waals surface area contributed by atoms with Crippen LogP contribution in [0.15, 0.2) is 29.2 Å². The average Bonchev–Trinajstić information content (AvgIpc) is 2.18. The maximum Gasteiger partial charge on any atom is 0.145 e. The molecule has 1 rings (SSSR count). The van der Waals surface area contributed by atoms with Crippen LogP contribution < -0.4 is 0 Å². The lowest BCUT2D eigenvalue weighted by Crippen LogP contribution is -2.09. The first-order valence-electron chi connectivity index (χ1n) is 4.79. The fourth-order valence-electron chi connectivity index (χ4n) is 1.17. The molecule has 15 heavy (non-hydrogen) atoms. The topological polar surface area (TPSA) is 34.1 Å². The van der Waals surface area contributed by atoms with Crippen molar-refractivity contribution in [1.82, 2.24) is 0 Å². The van der Waals surface area contributed by atoms with Gasteiger partial charge >= 0.3 is 0 Å². The molecular formula is C11H13ClO2S. The van der Waals surface area contributed by atoms with Crippen LogP contribution in [0, 0.1) is 0 Å². The summed E-state index contributed by atoms with van der Waals surface area (Å²) < 4.78 is 11.7. The van der Waals surface area contributed by atoms with Crippen molar-refractivity contribution < 1.29 is 9.00 Å². The van der Waals surface area contributed by atoms with Crippen LogP contribution in [0.3, 0.4) is 0 Å². The molecule has 0 aromatic heterocycles. The second-order valence-corrected chi connectivity index (χ2v) is 5.12. The van der Waals surface area contributed by atoms with Crippen molar-refractivity contribution in [2.24, 2.45) is 0 Å². The van der Waals surface area contributed by atoms with Crippen molar-refractivity contribution in [3.63, 3.8) is 0 Å². The Kier molecular flexibility index (Phi) is 4.99. The third kappa shape index (κ3) is 4.14. The summed E-state index contributed by atoms with van der Waals surface area (Å²) in [4.78, 5) is 11.9. The molecular weight excluding hydrogens is 232 g/mol. The number of hydrogen-bond donors (Lipinski definition) is 0. The standard InChI is InChI=1S/C11H13ClO2S/c1-2-3-10(13)8-15(14)11-6-4-9(12)5-7-11/h4-7H,2-3,8H2,1H3. The van der Waals surface area contributed by atoms with Crippen LogP contribution in [0.4, 0.5) is 0 Å². The molecule has 0 fully saturated rings. The van der Waals surface area contributed by atoms with Gasteiger partial charge in [0.15, 0.2) is 0 Å². The molecule has 82 valence electrons. The number of benzene rings is 1. The van der Waals surface area contributed by atoms with E-state index in [9.17, 15) is 9.00 Å². The second kappa shape index (κ2) is 6.03. The first kappa shape index (κ1) is 12.4. The highest BCUT2D eigenvalue weighted by molar-refractivity contribution is 7.85. The Morgan fingerprint density at radius 1 is 1.33 bits per heavy atom. The van der Waals surface area contributed by atoms with Crippen molar-refractivity contribution in [2.45, 2.75) is 24.7 Å². The van der Waals surface area contributed by atoms with E-state index in [1.807, 2.05) is 6.92 Å². The smallest absolute Gasteiger partial charge is 0.145 e. The van der Waals surface area contributed by atoms with Gasteiger partial charge in [-0.15, -0.1) is 0 Å². The van der Waals surface area contributed by atoms with Gasteiger partial charge in [0.25, 0.3) is 0 Å². The summed E-state index contributed by atoms with van der Waals surface area (Å²) in [5, 5.41) is 0.607. The van der Waals surface area contributed by atoms with Gasteiger partial charge in [0.1, 0.15) is 5.78 Å². The SMILES string of the molecule is CCCC(=O)CS(=O)c1ccc(Cl)cc1. The third-order valence-electron chi connectivity index (χ3n) is 1.90. The van der Waals surface area contributed by atoms with Gasteiger partial charge in [0.2, 0.25) is 0 Å². The van der Waals surface area contributed by atoms with Gasteiger partial charge in [-0.1, -0.05) is 18.5 Å². The summed E-state index contributed by atoms with van der Waals surface area (Å²) >= 11 is 5.71. The van der Waals surface area contributed by atoms with Gasteiger partial charge in [-0.05, 0) is 30.7 Å². The van der Waals surface area contributed by atoms with E-state index < -0.39 is 10.8 Å². The molecule has 0 aliphatic carbocycles. The summed E-state index contributed by atoms with van der Waals surface area (Å²) in [5.41, 5.74) is 0. The molecule has 2 nitrogen and oxygen atoms in total. The van der Waals surface area contributed by atoms with E-state index in [0.29, 0.717) is 16.3 Å². The first-order valence-corrected chi connectivity index (χ1v) is 6.49. The number of hydrogen-bond acceptors (Lipinski definition) is 2. The Hall–Kier alpha value is -0.670. The van der Waals surface area contributed by atoms with E-state index in [1.165, 1.54) is 0 Å². The van der Waals surface area contributed by atoms with E-state index >= 15 is 0 Å². The van der Waals surface area contributed by atoms with Crippen molar-refractivity contribution in [3.05, 3.63) is 29.3 Å². The Bertz CT molecular complexity index is 359. The summed E-state index contributed by atoms with van der Waals surface area (Å²) in [5.74, 6) is 0.154. The lowest BCUT2D eigenvalue weighted by atomic mass is 10.3. The molecule has 0 saturated heterocycles. The number of Topliss-reactive ketones (excluding diaryl/α,β-unsaturated/α-hetero) is 1. The Morgan fingerprint density at radius 3 is 2.47 bits per heavy atom. The van der Waals surface area contributed by atoms with Crippen molar-refractivity contribution in [1.29, 1.82) is 0 Å². The Labute approximate surface area is 97.1 Å². The van der Waals surface area contributed by atoms with Gasteiger partial charge in [-0.3, -0.25) is 9.00 Å². The second-order valence-electron chi connectivity index (χ2n) is 3.23. The summed E-state index contributed by atoms with van der Waals surface area (Å²) in [6.07, 6.45) is 1.30. The molecule has 0 amide bonds. The zero-order valence-corrected chi connectivity index (χ0v) is 10.1.